The zero-order valence-corrected chi connectivity index (χ0v) is 7.59. The molecule has 1 fully saturated rings. The lowest BCUT2D eigenvalue weighted by atomic mass is 10.0. The zero-order valence-electron chi connectivity index (χ0n) is 7.59. The summed E-state index contributed by atoms with van der Waals surface area (Å²) >= 11 is 0. The standard InChI is InChI=1S/C8H16O5/c1-2-12-8-7(11)6(10)3-5(4-9)13-8/h5-11H,2-4H2,1H3/t5?,6-,7?,8+/m1/s1. The molecule has 78 valence electrons. The molecule has 0 radical (unpaired) electrons. The third-order valence-electron chi connectivity index (χ3n) is 2.04. The molecule has 0 saturated carbocycles. The van der Waals surface area contributed by atoms with E-state index in [1.54, 1.807) is 6.92 Å². The lowest BCUT2D eigenvalue weighted by molar-refractivity contribution is -0.269. The highest BCUT2D eigenvalue weighted by Gasteiger charge is 2.36. The molecule has 1 saturated heterocycles. The van der Waals surface area contributed by atoms with Crippen LogP contribution in [0.5, 0.6) is 0 Å². The van der Waals surface area contributed by atoms with Gasteiger partial charge in [0.2, 0.25) is 0 Å². The maximum atomic E-state index is 9.40. The van der Waals surface area contributed by atoms with Crippen molar-refractivity contribution in [2.24, 2.45) is 0 Å². The Bertz CT molecular complexity index is 151. The van der Waals surface area contributed by atoms with Gasteiger partial charge in [-0.25, -0.2) is 0 Å². The van der Waals surface area contributed by atoms with Gasteiger partial charge in [-0.15, -0.1) is 0 Å². The molecule has 13 heavy (non-hydrogen) atoms. The fourth-order valence-electron chi connectivity index (χ4n) is 1.34. The van der Waals surface area contributed by atoms with Gasteiger partial charge in [0.15, 0.2) is 6.29 Å². The van der Waals surface area contributed by atoms with Gasteiger partial charge in [-0.1, -0.05) is 0 Å². The minimum Gasteiger partial charge on any atom is -0.394 e. The van der Waals surface area contributed by atoms with E-state index in [1.807, 2.05) is 0 Å². The second-order valence-corrected chi connectivity index (χ2v) is 3.06. The average Bonchev–Trinajstić information content (AvgIpc) is 2.13. The maximum absolute atomic E-state index is 9.40. The molecule has 0 spiro atoms. The first-order valence-corrected chi connectivity index (χ1v) is 4.43. The molecular weight excluding hydrogens is 176 g/mol. The van der Waals surface area contributed by atoms with Crippen molar-refractivity contribution in [1.29, 1.82) is 0 Å². The van der Waals surface area contributed by atoms with Crippen LogP contribution in [0, 0.1) is 0 Å². The van der Waals surface area contributed by atoms with E-state index in [4.69, 9.17) is 14.6 Å². The molecule has 0 aromatic carbocycles. The summed E-state index contributed by atoms with van der Waals surface area (Å²) in [6.07, 6.45) is -2.95. The monoisotopic (exact) mass is 192 g/mol. The van der Waals surface area contributed by atoms with Gasteiger partial charge in [-0.2, -0.15) is 0 Å². The van der Waals surface area contributed by atoms with Gasteiger partial charge in [0.1, 0.15) is 6.10 Å². The predicted octanol–water partition coefficient (Wildman–Crippen LogP) is -1.15. The summed E-state index contributed by atoms with van der Waals surface area (Å²) in [6.45, 7) is 1.99. The van der Waals surface area contributed by atoms with Crippen LogP contribution in [0.25, 0.3) is 0 Å². The van der Waals surface area contributed by atoms with Crippen molar-refractivity contribution in [3.05, 3.63) is 0 Å². The summed E-state index contributed by atoms with van der Waals surface area (Å²) in [7, 11) is 0. The van der Waals surface area contributed by atoms with Crippen LogP contribution in [0.2, 0.25) is 0 Å². The van der Waals surface area contributed by atoms with Gasteiger partial charge in [-0.3, -0.25) is 0 Å². The molecule has 0 amide bonds. The van der Waals surface area contributed by atoms with Crippen molar-refractivity contribution in [2.75, 3.05) is 13.2 Å². The third-order valence-corrected chi connectivity index (χ3v) is 2.04. The van der Waals surface area contributed by atoms with E-state index in [0.29, 0.717) is 6.61 Å². The zero-order chi connectivity index (χ0) is 9.84. The van der Waals surface area contributed by atoms with Crippen molar-refractivity contribution in [3.8, 4) is 0 Å². The van der Waals surface area contributed by atoms with Crippen LogP contribution in [0.4, 0.5) is 0 Å². The van der Waals surface area contributed by atoms with E-state index in [0.717, 1.165) is 0 Å². The lowest BCUT2D eigenvalue weighted by Crippen LogP contribution is -2.50. The minimum atomic E-state index is -1.03. The van der Waals surface area contributed by atoms with Crippen LogP contribution < -0.4 is 0 Å². The predicted molar refractivity (Wildman–Crippen MR) is 44.0 cm³/mol. The Morgan fingerprint density at radius 3 is 2.69 bits per heavy atom. The second kappa shape index (κ2) is 4.88. The Morgan fingerprint density at radius 2 is 2.15 bits per heavy atom. The number of hydrogen-bond donors (Lipinski definition) is 3. The number of rotatable bonds is 3. The van der Waals surface area contributed by atoms with Gasteiger partial charge in [-0.05, 0) is 6.92 Å². The molecule has 1 aliphatic heterocycles. The van der Waals surface area contributed by atoms with E-state index in [2.05, 4.69) is 0 Å². The van der Waals surface area contributed by atoms with Crippen LogP contribution in [-0.4, -0.2) is 53.1 Å². The highest BCUT2D eigenvalue weighted by molar-refractivity contribution is 4.80. The molecule has 0 aromatic heterocycles. The number of aliphatic hydroxyl groups excluding tert-OH is 3. The summed E-state index contributed by atoms with van der Waals surface area (Å²) in [4.78, 5) is 0. The topological polar surface area (TPSA) is 79.2 Å². The molecule has 1 aliphatic rings. The van der Waals surface area contributed by atoms with E-state index in [9.17, 15) is 10.2 Å². The molecule has 3 N–H and O–H groups in total. The first-order valence-electron chi connectivity index (χ1n) is 4.43. The van der Waals surface area contributed by atoms with E-state index in [-0.39, 0.29) is 13.0 Å². The first-order chi connectivity index (χ1) is 6.19. The van der Waals surface area contributed by atoms with Crippen LogP contribution in [-0.2, 0) is 9.47 Å². The van der Waals surface area contributed by atoms with Crippen LogP contribution in [0.3, 0.4) is 0 Å². The molecular formula is C8H16O5. The van der Waals surface area contributed by atoms with Crippen LogP contribution >= 0.6 is 0 Å². The van der Waals surface area contributed by atoms with Gasteiger partial charge < -0.3 is 24.8 Å². The number of ether oxygens (including phenoxy) is 2. The maximum Gasteiger partial charge on any atom is 0.186 e. The largest absolute Gasteiger partial charge is 0.394 e. The summed E-state index contributed by atoms with van der Waals surface area (Å²) in [6, 6.07) is 0. The summed E-state index contributed by atoms with van der Waals surface area (Å²) in [5.74, 6) is 0. The fourth-order valence-corrected chi connectivity index (χ4v) is 1.34. The Morgan fingerprint density at radius 1 is 1.46 bits per heavy atom. The molecule has 5 heteroatoms. The summed E-state index contributed by atoms with van der Waals surface area (Å²) in [5.41, 5.74) is 0. The SMILES string of the molecule is CCO[C@H]1OC(CO)C[C@@H](O)C1O. The van der Waals surface area contributed by atoms with Crippen LogP contribution in [0.15, 0.2) is 0 Å². The molecule has 1 rings (SSSR count). The van der Waals surface area contributed by atoms with Crippen LogP contribution in [0.1, 0.15) is 13.3 Å². The molecule has 2 unspecified atom stereocenters. The van der Waals surface area contributed by atoms with Gasteiger partial charge >= 0.3 is 0 Å². The first kappa shape index (κ1) is 10.9. The third kappa shape index (κ3) is 2.62. The molecule has 1 heterocycles. The fraction of sp³-hybridized carbons (Fsp3) is 1.00. The molecule has 5 nitrogen and oxygen atoms in total. The van der Waals surface area contributed by atoms with Crippen molar-refractivity contribution in [2.45, 2.75) is 37.9 Å². The van der Waals surface area contributed by atoms with Crippen molar-refractivity contribution in [1.82, 2.24) is 0 Å². The molecule has 0 bridgehead atoms. The highest BCUT2D eigenvalue weighted by Crippen LogP contribution is 2.20. The quantitative estimate of drug-likeness (QED) is 0.526. The second-order valence-electron chi connectivity index (χ2n) is 3.06. The van der Waals surface area contributed by atoms with Gasteiger partial charge in [0.05, 0.1) is 18.8 Å². The Balaban J connectivity index is 2.50. The lowest BCUT2D eigenvalue weighted by Gasteiger charge is -2.35. The molecule has 4 atom stereocenters. The smallest absolute Gasteiger partial charge is 0.186 e. The van der Waals surface area contributed by atoms with E-state index in [1.165, 1.54) is 0 Å². The van der Waals surface area contributed by atoms with E-state index >= 15 is 0 Å². The van der Waals surface area contributed by atoms with Gasteiger partial charge in [0, 0.05) is 13.0 Å². The number of hydrogen-bond acceptors (Lipinski definition) is 5. The molecule has 0 aliphatic carbocycles. The number of aliphatic hydroxyl groups is 3. The summed E-state index contributed by atoms with van der Waals surface area (Å²) in [5, 5.41) is 27.6. The van der Waals surface area contributed by atoms with E-state index < -0.39 is 24.6 Å². The minimum absolute atomic E-state index is 0.173. The van der Waals surface area contributed by atoms with Crippen molar-refractivity contribution >= 4 is 0 Å². The Hall–Kier alpha value is -0.200. The summed E-state index contributed by atoms with van der Waals surface area (Å²) < 4.78 is 10.2. The Labute approximate surface area is 76.9 Å². The van der Waals surface area contributed by atoms with Gasteiger partial charge in [0.25, 0.3) is 0 Å². The molecule has 0 aromatic rings. The highest BCUT2D eigenvalue weighted by atomic mass is 16.7. The normalized spacial score (nSPS) is 40.6. The van der Waals surface area contributed by atoms with Crippen molar-refractivity contribution in [3.63, 3.8) is 0 Å². The average molecular weight is 192 g/mol. The van der Waals surface area contributed by atoms with Crippen molar-refractivity contribution < 1.29 is 24.8 Å². The Kier molecular flexibility index (Phi) is 4.08.